The molecule has 2 amide bonds. The fourth-order valence-electron chi connectivity index (χ4n) is 3.37. The van der Waals surface area contributed by atoms with Gasteiger partial charge in [0.2, 0.25) is 15.9 Å². The number of amides is 2. The number of carbonyl (C=O) groups is 2. The van der Waals surface area contributed by atoms with E-state index in [9.17, 15) is 18.0 Å². The average molecular weight is 379 g/mol. The van der Waals surface area contributed by atoms with Crippen LogP contribution in [0.25, 0.3) is 0 Å². The normalized spacial score (nSPS) is 22.9. The molecule has 142 valence electrons. The molecule has 7 nitrogen and oxygen atoms in total. The van der Waals surface area contributed by atoms with Gasteiger partial charge in [-0.2, -0.15) is 4.31 Å². The van der Waals surface area contributed by atoms with E-state index in [2.05, 4.69) is 12.2 Å². The molecule has 3 rings (SSSR count). The van der Waals surface area contributed by atoms with Gasteiger partial charge < -0.3 is 10.2 Å². The maximum absolute atomic E-state index is 12.7. The van der Waals surface area contributed by atoms with Crippen LogP contribution >= 0.6 is 0 Å². The molecule has 2 fully saturated rings. The molecule has 2 aliphatic rings. The summed E-state index contributed by atoms with van der Waals surface area (Å²) in [5.74, 6) is 0.108. The van der Waals surface area contributed by atoms with Crippen molar-refractivity contribution in [2.45, 2.75) is 37.6 Å². The quantitative estimate of drug-likeness (QED) is 0.851. The van der Waals surface area contributed by atoms with Crippen LogP contribution in [0.4, 0.5) is 0 Å². The molecular formula is C18H25N3O4S. The van der Waals surface area contributed by atoms with Crippen molar-refractivity contribution in [2.75, 3.05) is 26.2 Å². The molecule has 2 saturated heterocycles. The molecule has 0 aliphatic carbocycles. The van der Waals surface area contributed by atoms with Gasteiger partial charge in [-0.3, -0.25) is 9.59 Å². The number of sulfonamides is 1. The summed E-state index contributed by atoms with van der Waals surface area (Å²) in [6, 6.07) is 5.49. The largest absolute Gasteiger partial charge is 0.353 e. The summed E-state index contributed by atoms with van der Waals surface area (Å²) in [7, 11) is -3.53. The minimum Gasteiger partial charge on any atom is -0.353 e. The van der Waals surface area contributed by atoms with Crippen molar-refractivity contribution in [1.29, 1.82) is 0 Å². The summed E-state index contributed by atoms with van der Waals surface area (Å²) in [5, 5.41) is 2.72. The Morgan fingerprint density at radius 3 is 2.31 bits per heavy atom. The predicted octanol–water partition coefficient (Wildman–Crippen LogP) is 1.07. The highest BCUT2D eigenvalue weighted by Crippen LogP contribution is 2.24. The average Bonchev–Trinajstić information content (AvgIpc) is 2.64. The molecule has 0 aromatic heterocycles. The first-order valence-electron chi connectivity index (χ1n) is 8.99. The number of benzene rings is 1. The van der Waals surface area contributed by atoms with Crippen LogP contribution in [0.2, 0.25) is 0 Å². The molecule has 1 unspecified atom stereocenters. The number of hydrogen-bond donors (Lipinski definition) is 1. The lowest BCUT2D eigenvalue weighted by atomic mass is 10.0. The zero-order chi connectivity index (χ0) is 18.9. The number of nitrogens with zero attached hydrogens (tertiary/aromatic N) is 2. The third kappa shape index (κ3) is 3.61. The highest BCUT2D eigenvalue weighted by atomic mass is 32.2. The number of piperazine rings is 1. The molecule has 26 heavy (non-hydrogen) atoms. The summed E-state index contributed by atoms with van der Waals surface area (Å²) >= 11 is 0. The van der Waals surface area contributed by atoms with E-state index in [1.807, 2.05) is 0 Å². The van der Waals surface area contributed by atoms with E-state index < -0.39 is 16.1 Å². The molecular weight excluding hydrogens is 354 g/mol. The smallest absolute Gasteiger partial charge is 0.254 e. The number of nitrogens with one attached hydrogen (secondary N) is 1. The first-order valence-corrected chi connectivity index (χ1v) is 10.4. The molecule has 0 bridgehead atoms. The molecule has 2 aliphatic heterocycles. The maximum Gasteiger partial charge on any atom is 0.254 e. The number of rotatable bonds is 3. The molecule has 8 heteroatoms. The van der Waals surface area contributed by atoms with E-state index in [1.54, 1.807) is 6.92 Å². The Bertz CT molecular complexity index is 783. The van der Waals surface area contributed by atoms with Crippen molar-refractivity contribution in [1.82, 2.24) is 14.5 Å². The highest BCUT2D eigenvalue weighted by Gasteiger charge is 2.31. The van der Waals surface area contributed by atoms with Crippen molar-refractivity contribution in [3.05, 3.63) is 29.8 Å². The predicted molar refractivity (Wildman–Crippen MR) is 97.1 cm³/mol. The minimum atomic E-state index is -3.53. The van der Waals surface area contributed by atoms with Crippen molar-refractivity contribution < 1.29 is 18.0 Å². The van der Waals surface area contributed by atoms with Crippen molar-refractivity contribution >= 4 is 21.8 Å². The summed E-state index contributed by atoms with van der Waals surface area (Å²) in [4.78, 5) is 26.1. The van der Waals surface area contributed by atoms with Crippen LogP contribution in [0.15, 0.2) is 29.2 Å². The van der Waals surface area contributed by atoms with E-state index in [0.717, 1.165) is 12.8 Å². The van der Waals surface area contributed by atoms with Gasteiger partial charge in [-0.25, -0.2) is 8.42 Å². The lowest BCUT2D eigenvalue weighted by Gasteiger charge is -2.33. The second-order valence-electron chi connectivity index (χ2n) is 7.08. The first kappa shape index (κ1) is 18.8. The third-order valence-corrected chi connectivity index (χ3v) is 7.15. The molecule has 1 aromatic rings. The van der Waals surface area contributed by atoms with Crippen LogP contribution in [0, 0.1) is 5.92 Å². The minimum absolute atomic E-state index is 0.178. The van der Waals surface area contributed by atoms with E-state index in [-0.39, 0.29) is 16.7 Å². The fourth-order valence-corrected chi connectivity index (χ4v) is 4.84. The van der Waals surface area contributed by atoms with Gasteiger partial charge >= 0.3 is 0 Å². The van der Waals surface area contributed by atoms with E-state index >= 15 is 0 Å². The van der Waals surface area contributed by atoms with Crippen LogP contribution in [0.5, 0.6) is 0 Å². The van der Waals surface area contributed by atoms with Crippen LogP contribution in [0.3, 0.4) is 0 Å². The lowest BCUT2D eigenvalue weighted by Crippen LogP contribution is -2.55. The van der Waals surface area contributed by atoms with Gasteiger partial charge in [0.1, 0.15) is 6.04 Å². The number of hydrogen-bond acceptors (Lipinski definition) is 4. The topological polar surface area (TPSA) is 86.8 Å². The molecule has 0 saturated carbocycles. The number of piperidine rings is 1. The monoisotopic (exact) mass is 379 g/mol. The first-order chi connectivity index (χ1) is 12.3. The maximum atomic E-state index is 12.7. The number of carbonyl (C=O) groups excluding carboxylic acids is 2. The van der Waals surface area contributed by atoms with Crippen molar-refractivity contribution in [3.63, 3.8) is 0 Å². The van der Waals surface area contributed by atoms with Gasteiger partial charge in [-0.05, 0) is 49.9 Å². The van der Waals surface area contributed by atoms with Gasteiger partial charge in [-0.15, -0.1) is 0 Å². The van der Waals surface area contributed by atoms with Crippen molar-refractivity contribution in [2.24, 2.45) is 5.92 Å². The Morgan fingerprint density at radius 2 is 1.69 bits per heavy atom. The summed E-state index contributed by atoms with van der Waals surface area (Å²) < 4.78 is 27.0. The van der Waals surface area contributed by atoms with E-state index in [1.165, 1.54) is 33.5 Å². The zero-order valence-electron chi connectivity index (χ0n) is 15.1. The van der Waals surface area contributed by atoms with E-state index in [0.29, 0.717) is 37.7 Å². The van der Waals surface area contributed by atoms with Gasteiger partial charge in [0, 0.05) is 31.7 Å². The third-order valence-electron chi connectivity index (χ3n) is 5.24. The van der Waals surface area contributed by atoms with Gasteiger partial charge in [0.05, 0.1) is 4.90 Å². The van der Waals surface area contributed by atoms with E-state index in [4.69, 9.17) is 0 Å². The van der Waals surface area contributed by atoms with Gasteiger partial charge in [0.25, 0.3) is 5.91 Å². The molecule has 2 heterocycles. The van der Waals surface area contributed by atoms with Crippen LogP contribution < -0.4 is 5.32 Å². The van der Waals surface area contributed by atoms with Crippen LogP contribution in [0.1, 0.15) is 37.0 Å². The summed E-state index contributed by atoms with van der Waals surface area (Å²) in [6.45, 7) is 5.75. The highest BCUT2D eigenvalue weighted by molar-refractivity contribution is 7.89. The Hall–Kier alpha value is -1.93. The second-order valence-corrected chi connectivity index (χ2v) is 9.01. The Labute approximate surface area is 154 Å². The van der Waals surface area contributed by atoms with Crippen molar-refractivity contribution in [3.8, 4) is 0 Å². The fraction of sp³-hybridized carbons (Fsp3) is 0.556. The Balaban J connectivity index is 1.75. The molecule has 1 N–H and O–H groups in total. The second kappa shape index (κ2) is 7.36. The van der Waals surface area contributed by atoms with Crippen LogP contribution in [-0.4, -0.2) is 61.7 Å². The lowest BCUT2D eigenvalue weighted by molar-refractivity contribution is -0.127. The van der Waals surface area contributed by atoms with Gasteiger partial charge in [-0.1, -0.05) is 6.92 Å². The standard InChI is InChI=1S/C18H25N3O4S/c1-13-7-10-20(11-8-13)26(24,25)16-5-3-15(4-6-16)18(23)21-12-9-19-17(22)14(21)2/h3-6,13-14H,7-12H2,1-2H3,(H,19,22). The molecule has 1 aromatic carbocycles. The molecule has 0 radical (unpaired) electrons. The molecule has 1 atom stereocenters. The molecule has 0 spiro atoms. The SMILES string of the molecule is CC1CCN(S(=O)(=O)c2ccc(C(=O)N3CCNC(=O)C3C)cc2)CC1. The van der Waals surface area contributed by atoms with Crippen LogP contribution in [-0.2, 0) is 14.8 Å². The summed E-state index contributed by atoms with van der Waals surface area (Å²) in [6.07, 6.45) is 1.73. The Morgan fingerprint density at radius 1 is 1.08 bits per heavy atom. The zero-order valence-corrected chi connectivity index (χ0v) is 16.0. The van der Waals surface area contributed by atoms with Gasteiger partial charge in [0.15, 0.2) is 0 Å². The summed E-state index contributed by atoms with van der Waals surface area (Å²) in [5.41, 5.74) is 0.387. The Kier molecular flexibility index (Phi) is 5.34.